The molecule has 4 heteroatoms. The molecule has 15 heavy (non-hydrogen) atoms. The molecule has 0 radical (unpaired) electrons. The molecule has 0 saturated carbocycles. The molecule has 0 aliphatic carbocycles. The fourth-order valence-corrected chi connectivity index (χ4v) is 1.49. The number of quaternary nitrogens is 1. The second-order valence-electron chi connectivity index (χ2n) is 4.64. The zero-order valence-electron chi connectivity index (χ0n) is 9.55. The van der Waals surface area contributed by atoms with E-state index in [0.29, 0.717) is 10.7 Å². The van der Waals surface area contributed by atoms with Crippen LogP contribution in [0.4, 0.5) is 11.4 Å². The summed E-state index contributed by atoms with van der Waals surface area (Å²) in [6.07, 6.45) is 0. The van der Waals surface area contributed by atoms with E-state index < -0.39 is 0 Å². The normalized spacial score (nSPS) is 11.5. The lowest BCUT2D eigenvalue weighted by Crippen LogP contribution is -2.38. The van der Waals surface area contributed by atoms with Crippen molar-refractivity contribution < 1.29 is 4.48 Å². The number of anilines is 2. The Balaban J connectivity index is 2.58. The average molecular weight is 229 g/mol. The summed E-state index contributed by atoms with van der Waals surface area (Å²) < 4.78 is 0.914. The van der Waals surface area contributed by atoms with Crippen LogP contribution >= 0.6 is 11.6 Å². The second-order valence-corrected chi connectivity index (χ2v) is 5.05. The summed E-state index contributed by atoms with van der Waals surface area (Å²) in [4.78, 5) is 0. The van der Waals surface area contributed by atoms with E-state index in [9.17, 15) is 0 Å². The summed E-state index contributed by atoms with van der Waals surface area (Å²) in [5, 5.41) is 3.94. The first-order chi connectivity index (χ1) is 6.90. The smallest absolute Gasteiger partial charge is 0.0955 e. The van der Waals surface area contributed by atoms with Crippen LogP contribution in [0.15, 0.2) is 18.2 Å². The van der Waals surface area contributed by atoms with Gasteiger partial charge in [-0.05, 0) is 12.1 Å². The van der Waals surface area contributed by atoms with Crippen LogP contribution in [0.2, 0.25) is 5.02 Å². The molecule has 0 unspecified atom stereocenters. The van der Waals surface area contributed by atoms with E-state index in [0.717, 1.165) is 23.3 Å². The Morgan fingerprint density at radius 1 is 1.33 bits per heavy atom. The molecule has 1 aromatic rings. The van der Waals surface area contributed by atoms with Crippen LogP contribution in [0.1, 0.15) is 0 Å². The number of nitrogens with two attached hydrogens (primary N) is 1. The van der Waals surface area contributed by atoms with Gasteiger partial charge in [0.2, 0.25) is 0 Å². The highest BCUT2D eigenvalue weighted by molar-refractivity contribution is 6.33. The van der Waals surface area contributed by atoms with Crippen molar-refractivity contribution in [2.24, 2.45) is 0 Å². The molecule has 1 rings (SSSR count). The van der Waals surface area contributed by atoms with Gasteiger partial charge in [-0.25, -0.2) is 0 Å². The molecule has 0 spiro atoms. The number of hydrogen-bond acceptors (Lipinski definition) is 2. The van der Waals surface area contributed by atoms with E-state index in [1.165, 1.54) is 0 Å². The number of nitrogens with one attached hydrogen (secondary N) is 1. The predicted octanol–water partition coefficient (Wildman–Crippen LogP) is 2.04. The quantitative estimate of drug-likeness (QED) is 0.612. The lowest BCUT2D eigenvalue weighted by Gasteiger charge is -2.24. The summed E-state index contributed by atoms with van der Waals surface area (Å²) in [6, 6.07) is 5.54. The number of para-hydroxylation sites is 1. The molecule has 0 amide bonds. The highest BCUT2D eigenvalue weighted by atomic mass is 35.5. The summed E-state index contributed by atoms with van der Waals surface area (Å²) in [7, 11) is 6.45. The Bertz CT molecular complexity index is 311. The molecular formula is C11H19ClN3+. The fraction of sp³-hybridized carbons (Fsp3) is 0.455. The van der Waals surface area contributed by atoms with E-state index in [2.05, 4.69) is 26.5 Å². The average Bonchev–Trinajstić information content (AvgIpc) is 2.08. The molecule has 0 aromatic heterocycles. The lowest BCUT2D eigenvalue weighted by atomic mass is 10.2. The third kappa shape index (κ3) is 3.98. The van der Waals surface area contributed by atoms with Gasteiger partial charge < -0.3 is 15.5 Å². The third-order valence-corrected chi connectivity index (χ3v) is 2.45. The van der Waals surface area contributed by atoms with Crippen molar-refractivity contribution in [3.05, 3.63) is 23.2 Å². The summed E-state index contributed by atoms with van der Waals surface area (Å²) in [5.41, 5.74) is 7.36. The molecule has 0 atom stereocenters. The molecule has 3 nitrogen and oxygen atoms in total. The predicted molar refractivity (Wildman–Crippen MR) is 67.3 cm³/mol. The van der Waals surface area contributed by atoms with E-state index >= 15 is 0 Å². The van der Waals surface area contributed by atoms with Crippen molar-refractivity contribution in [2.75, 3.05) is 45.3 Å². The highest BCUT2D eigenvalue weighted by Gasteiger charge is 2.08. The Kier molecular flexibility index (Phi) is 3.83. The van der Waals surface area contributed by atoms with Crippen LogP contribution in [0.5, 0.6) is 0 Å². The molecule has 0 heterocycles. The molecule has 3 N–H and O–H groups in total. The molecule has 84 valence electrons. The topological polar surface area (TPSA) is 38.0 Å². The Morgan fingerprint density at radius 3 is 2.53 bits per heavy atom. The first-order valence-electron chi connectivity index (χ1n) is 4.98. The van der Waals surface area contributed by atoms with Gasteiger partial charge in [-0.1, -0.05) is 17.7 Å². The van der Waals surface area contributed by atoms with Crippen LogP contribution in [0, 0.1) is 0 Å². The van der Waals surface area contributed by atoms with Gasteiger partial charge in [0.25, 0.3) is 0 Å². The Labute approximate surface area is 96.4 Å². The number of nitrogens with zero attached hydrogens (tertiary/aromatic N) is 1. The van der Waals surface area contributed by atoms with Gasteiger partial charge >= 0.3 is 0 Å². The van der Waals surface area contributed by atoms with Crippen molar-refractivity contribution in [3.63, 3.8) is 0 Å². The minimum absolute atomic E-state index is 0.677. The van der Waals surface area contributed by atoms with Gasteiger partial charge in [-0.2, -0.15) is 0 Å². The summed E-state index contributed by atoms with van der Waals surface area (Å²) in [6.45, 7) is 1.88. The molecule has 0 aliphatic rings. The molecular weight excluding hydrogens is 210 g/mol. The maximum absolute atomic E-state index is 6.03. The first-order valence-corrected chi connectivity index (χ1v) is 5.36. The van der Waals surface area contributed by atoms with Gasteiger partial charge in [0, 0.05) is 0 Å². The Hall–Kier alpha value is -0.930. The van der Waals surface area contributed by atoms with E-state index in [4.69, 9.17) is 17.3 Å². The molecule has 0 saturated heterocycles. The maximum atomic E-state index is 6.03. The number of hydrogen-bond donors (Lipinski definition) is 2. The first kappa shape index (κ1) is 12.1. The van der Waals surface area contributed by atoms with E-state index in [-0.39, 0.29) is 0 Å². The van der Waals surface area contributed by atoms with Crippen molar-refractivity contribution in [1.82, 2.24) is 0 Å². The van der Waals surface area contributed by atoms with Gasteiger partial charge in [0.1, 0.15) is 0 Å². The van der Waals surface area contributed by atoms with E-state index in [1.807, 2.05) is 18.2 Å². The van der Waals surface area contributed by atoms with Gasteiger partial charge in [0.15, 0.2) is 0 Å². The number of halogens is 1. The largest absolute Gasteiger partial charge is 0.397 e. The summed E-state index contributed by atoms with van der Waals surface area (Å²) >= 11 is 6.03. The lowest BCUT2D eigenvalue weighted by molar-refractivity contribution is -0.868. The number of nitrogen functional groups attached to an aromatic ring is 1. The van der Waals surface area contributed by atoms with Crippen LogP contribution in [-0.4, -0.2) is 38.7 Å². The van der Waals surface area contributed by atoms with Gasteiger partial charge in [-0.15, -0.1) is 0 Å². The maximum Gasteiger partial charge on any atom is 0.0955 e. The SMILES string of the molecule is C[N+](C)(C)CCNc1c(N)cccc1Cl. The highest BCUT2D eigenvalue weighted by Crippen LogP contribution is 2.27. The van der Waals surface area contributed by atoms with Crippen molar-refractivity contribution in [1.29, 1.82) is 0 Å². The van der Waals surface area contributed by atoms with Crippen molar-refractivity contribution >= 4 is 23.0 Å². The van der Waals surface area contributed by atoms with Crippen molar-refractivity contribution in [2.45, 2.75) is 0 Å². The minimum atomic E-state index is 0.677. The van der Waals surface area contributed by atoms with Gasteiger partial charge in [-0.3, -0.25) is 0 Å². The van der Waals surface area contributed by atoms with Gasteiger partial charge in [0.05, 0.1) is 50.6 Å². The monoisotopic (exact) mass is 228 g/mol. The number of rotatable bonds is 4. The van der Waals surface area contributed by atoms with Crippen LogP contribution in [-0.2, 0) is 0 Å². The molecule has 0 fully saturated rings. The van der Waals surface area contributed by atoms with E-state index in [1.54, 1.807) is 0 Å². The van der Waals surface area contributed by atoms with Crippen LogP contribution < -0.4 is 11.1 Å². The summed E-state index contributed by atoms with van der Waals surface area (Å²) in [5.74, 6) is 0. The van der Waals surface area contributed by atoms with Crippen LogP contribution in [0.3, 0.4) is 0 Å². The standard InChI is InChI=1S/C11H19ClN3/c1-15(2,3)8-7-14-11-9(12)5-4-6-10(11)13/h4-6,14H,7-8,13H2,1-3H3/q+1. The zero-order chi connectivity index (χ0) is 11.5. The zero-order valence-corrected chi connectivity index (χ0v) is 10.3. The Morgan fingerprint density at radius 2 is 2.00 bits per heavy atom. The second kappa shape index (κ2) is 4.73. The van der Waals surface area contributed by atoms with Crippen molar-refractivity contribution in [3.8, 4) is 0 Å². The molecule has 1 aromatic carbocycles. The molecule has 0 aliphatic heterocycles. The fourth-order valence-electron chi connectivity index (χ4n) is 1.24. The molecule has 0 bridgehead atoms. The van der Waals surface area contributed by atoms with Crippen LogP contribution in [0.25, 0.3) is 0 Å². The third-order valence-electron chi connectivity index (χ3n) is 2.13. The number of benzene rings is 1. The minimum Gasteiger partial charge on any atom is -0.397 e. The number of likely N-dealkylation sites (N-methyl/N-ethyl adjacent to an activating group) is 1.